The first-order chi connectivity index (χ1) is 23.6. The number of nitrogens with zero attached hydrogens (tertiary/aromatic N) is 2. The van der Waals surface area contributed by atoms with E-state index in [4.69, 9.17) is 4.74 Å². The Morgan fingerprint density at radius 2 is 1.74 bits per heavy atom. The molecule has 262 valence electrons. The van der Waals surface area contributed by atoms with Crippen LogP contribution in [0.4, 0.5) is 30.7 Å². The van der Waals surface area contributed by atoms with Gasteiger partial charge in [0.25, 0.3) is 5.56 Å². The van der Waals surface area contributed by atoms with Crippen LogP contribution in [0.1, 0.15) is 46.3 Å². The molecule has 2 N–H and O–H groups in total. The van der Waals surface area contributed by atoms with E-state index in [-0.39, 0.29) is 65.9 Å². The van der Waals surface area contributed by atoms with Crippen LogP contribution in [-0.4, -0.2) is 52.3 Å². The molecule has 4 aromatic rings. The molecule has 1 amide bonds. The third-order valence-electron chi connectivity index (χ3n) is 8.70. The number of pyridine rings is 1. The molecule has 50 heavy (non-hydrogen) atoms. The number of ether oxygens (including phenoxy) is 1. The number of alkyl halides is 4. The number of rotatable bonds is 6. The Labute approximate surface area is 279 Å². The summed E-state index contributed by atoms with van der Waals surface area (Å²) in [7, 11) is 0. The predicted octanol–water partition coefficient (Wildman–Crippen LogP) is 6.48. The molecule has 15 heteroatoms. The van der Waals surface area contributed by atoms with Gasteiger partial charge in [-0.1, -0.05) is 0 Å². The number of hydrogen-bond acceptors (Lipinski definition) is 5. The van der Waals surface area contributed by atoms with Crippen LogP contribution >= 0.6 is 0 Å². The Bertz CT molecular complexity index is 2060. The summed E-state index contributed by atoms with van der Waals surface area (Å²) in [5.41, 5.74) is -3.75. The molecule has 2 aliphatic heterocycles. The van der Waals surface area contributed by atoms with Crippen molar-refractivity contribution in [1.82, 2.24) is 14.8 Å². The van der Waals surface area contributed by atoms with E-state index in [2.05, 4.69) is 5.32 Å². The first kappa shape index (κ1) is 34.7. The second kappa shape index (κ2) is 13.3. The Kier molecular flexibility index (Phi) is 9.20. The minimum Gasteiger partial charge on any atom is -0.481 e. The van der Waals surface area contributed by atoms with Crippen LogP contribution in [0.2, 0.25) is 0 Å². The van der Waals surface area contributed by atoms with Crippen molar-refractivity contribution in [3.63, 3.8) is 0 Å². The molecular formula is C35H28F7N3O5. The average molecular weight is 704 g/mol. The van der Waals surface area contributed by atoms with E-state index in [9.17, 15) is 41.4 Å². The minimum atomic E-state index is -5.00. The SMILES string of the molecule is Cc1cc2cc(c1F)[C@@H](CC(=O)O)NC(=O)[C@@H](n1cc(CCN3CC(F)C3)c(C(F)(F)F)cc1=O)c1cc(ccc1F)Oc1ccc(F)cc1-2. The number of fused-ring (bicyclic) bond motifs is 6. The standard InChI is InChI=1S/C35H28F7N3O5/c1-17-8-19-9-25(32(17)39)28(13-31(47)48)43-34(49)33(24-11-22(3-4-27(24)38)50-29-5-2-20(36)10-23(19)29)45-14-18(6-7-44-15-21(37)16-44)26(12-30(45)46)35(40,41)42/h2-5,8-12,14,21,28,33H,6-7,13,15-16H2,1H3,(H,43,49)(H,47,48)/t28-,33+/m1/s1. The van der Waals surface area contributed by atoms with Crippen molar-refractivity contribution < 1.29 is 50.2 Å². The average Bonchev–Trinajstić information content (AvgIpc) is 3.02. The van der Waals surface area contributed by atoms with Gasteiger partial charge in [-0.3, -0.25) is 23.9 Å². The van der Waals surface area contributed by atoms with Crippen LogP contribution < -0.4 is 15.6 Å². The van der Waals surface area contributed by atoms with E-state index in [0.717, 1.165) is 30.5 Å². The summed E-state index contributed by atoms with van der Waals surface area (Å²) in [6.45, 7) is 1.34. The van der Waals surface area contributed by atoms with Gasteiger partial charge in [-0.15, -0.1) is 0 Å². The number of carbonyl (C=O) groups is 2. The summed E-state index contributed by atoms with van der Waals surface area (Å²) < 4.78 is 108. The first-order valence-corrected chi connectivity index (χ1v) is 15.4. The molecule has 0 unspecified atom stereocenters. The highest BCUT2D eigenvalue weighted by Gasteiger charge is 2.38. The van der Waals surface area contributed by atoms with Crippen LogP contribution in [-0.2, 0) is 22.2 Å². The molecule has 2 aliphatic rings. The van der Waals surface area contributed by atoms with Gasteiger partial charge in [0.2, 0.25) is 5.91 Å². The molecule has 4 bridgehead atoms. The molecule has 3 heterocycles. The van der Waals surface area contributed by atoms with Gasteiger partial charge < -0.3 is 15.2 Å². The molecule has 8 nitrogen and oxygen atoms in total. The number of halogens is 7. The highest BCUT2D eigenvalue weighted by Crippen LogP contribution is 2.39. The fourth-order valence-electron chi connectivity index (χ4n) is 6.25. The van der Waals surface area contributed by atoms with Crippen LogP contribution in [0.25, 0.3) is 11.1 Å². The molecule has 0 spiro atoms. The molecule has 6 rings (SSSR count). The Morgan fingerprint density at radius 3 is 2.42 bits per heavy atom. The molecule has 1 aromatic heterocycles. The van der Waals surface area contributed by atoms with Crippen LogP contribution in [0.15, 0.2) is 65.6 Å². The lowest BCUT2D eigenvalue weighted by atomic mass is 9.93. The third kappa shape index (κ3) is 6.95. The maximum atomic E-state index is 15.8. The summed E-state index contributed by atoms with van der Waals surface area (Å²) >= 11 is 0. The fourth-order valence-corrected chi connectivity index (χ4v) is 6.25. The van der Waals surface area contributed by atoms with Crippen molar-refractivity contribution in [3.8, 4) is 22.6 Å². The number of likely N-dealkylation sites (tertiary alicyclic amines) is 1. The van der Waals surface area contributed by atoms with E-state index < -0.39 is 82.4 Å². The van der Waals surface area contributed by atoms with Gasteiger partial charge >= 0.3 is 12.1 Å². The maximum Gasteiger partial charge on any atom is 0.416 e. The summed E-state index contributed by atoms with van der Waals surface area (Å²) in [5, 5.41) is 12.1. The van der Waals surface area contributed by atoms with Crippen molar-refractivity contribution >= 4 is 11.9 Å². The topological polar surface area (TPSA) is 101 Å². The molecule has 0 saturated carbocycles. The maximum absolute atomic E-state index is 15.8. The number of aliphatic carboxylic acids is 1. The molecule has 2 atom stereocenters. The number of nitrogens with one attached hydrogen (secondary N) is 1. The highest BCUT2D eigenvalue weighted by atomic mass is 19.4. The molecule has 1 fully saturated rings. The fraction of sp³-hybridized carbons (Fsp3) is 0.286. The van der Waals surface area contributed by atoms with E-state index in [0.29, 0.717) is 4.57 Å². The van der Waals surface area contributed by atoms with Crippen molar-refractivity contribution in [2.75, 3.05) is 19.6 Å². The lowest BCUT2D eigenvalue weighted by Gasteiger charge is -2.34. The number of carboxylic acids is 1. The van der Waals surface area contributed by atoms with Gasteiger partial charge in [-0.05, 0) is 78.6 Å². The lowest BCUT2D eigenvalue weighted by Crippen LogP contribution is -2.49. The Balaban J connectivity index is 1.57. The summed E-state index contributed by atoms with van der Waals surface area (Å²) in [4.78, 5) is 41.2. The van der Waals surface area contributed by atoms with Crippen molar-refractivity contribution in [1.29, 1.82) is 0 Å². The number of benzene rings is 3. The van der Waals surface area contributed by atoms with Gasteiger partial charge in [0.15, 0.2) is 0 Å². The van der Waals surface area contributed by atoms with Gasteiger partial charge in [0, 0.05) is 48.6 Å². The summed E-state index contributed by atoms with van der Waals surface area (Å²) in [6, 6.07) is 5.58. The zero-order chi connectivity index (χ0) is 36.1. The number of carboxylic acid groups (broad SMARTS) is 1. The Morgan fingerprint density at radius 1 is 1.00 bits per heavy atom. The largest absolute Gasteiger partial charge is 0.481 e. The third-order valence-corrected chi connectivity index (χ3v) is 8.70. The zero-order valence-corrected chi connectivity index (χ0v) is 26.2. The zero-order valence-electron chi connectivity index (χ0n) is 26.2. The second-order valence-electron chi connectivity index (χ2n) is 12.2. The molecule has 3 aromatic carbocycles. The number of carbonyl (C=O) groups excluding carboxylic acids is 1. The summed E-state index contributed by atoms with van der Waals surface area (Å²) in [5.74, 6) is -5.58. The number of hydrogen-bond donors (Lipinski definition) is 2. The monoisotopic (exact) mass is 703 g/mol. The van der Waals surface area contributed by atoms with Gasteiger partial charge in [0.1, 0.15) is 41.2 Å². The molecule has 0 aliphatic carbocycles. The first-order valence-electron chi connectivity index (χ1n) is 15.4. The summed E-state index contributed by atoms with van der Waals surface area (Å²) in [6.07, 6.45) is -6.61. The van der Waals surface area contributed by atoms with Gasteiger partial charge in [0.05, 0.1) is 18.0 Å². The van der Waals surface area contributed by atoms with E-state index in [1.807, 2.05) is 0 Å². The van der Waals surface area contributed by atoms with E-state index in [1.54, 1.807) is 4.90 Å². The number of aromatic nitrogens is 1. The van der Waals surface area contributed by atoms with Crippen LogP contribution in [0, 0.1) is 24.4 Å². The van der Waals surface area contributed by atoms with Gasteiger partial charge in [-0.2, -0.15) is 13.2 Å². The number of aryl methyl sites for hydroxylation is 1. The quantitative estimate of drug-likeness (QED) is 0.223. The van der Waals surface area contributed by atoms with Gasteiger partial charge in [-0.25, -0.2) is 17.6 Å². The second-order valence-corrected chi connectivity index (χ2v) is 12.2. The molecule has 1 saturated heterocycles. The highest BCUT2D eigenvalue weighted by molar-refractivity contribution is 5.85. The van der Waals surface area contributed by atoms with Crippen molar-refractivity contribution in [3.05, 3.63) is 116 Å². The Hall–Kier alpha value is -5.18. The van der Waals surface area contributed by atoms with Crippen molar-refractivity contribution in [2.45, 2.75) is 44.2 Å². The number of amides is 1. The van der Waals surface area contributed by atoms with Crippen molar-refractivity contribution in [2.24, 2.45) is 0 Å². The molecular weight excluding hydrogens is 675 g/mol. The van der Waals surface area contributed by atoms with Crippen LogP contribution in [0.5, 0.6) is 11.5 Å². The smallest absolute Gasteiger partial charge is 0.416 e. The van der Waals surface area contributed by atoms with E-state index in [1.165, 1.54) is 31.2 Å². The predicted molar refractivity (Wildman–Crippen MR) is 165 cm³/mol. The lowest BCUT2D eigenvalue weighted by molar-refractivity contribution is -0.139. The van der Waals surface area contributed by atoms with Crippen LogP contribution in [0.3, 0.4) is 0 Å². The minimum absolute atomic E-state index is 0.00118. The van der Waals surface area contributed by atoms with E-state index >= 15 is 8.78 Å². The molecule has 0 radical (unpaired) electrons. The normalized spacial score (nSPS) is 18.1.